The van der Waals surface area contributed by atoms with Gasteiger partial charge in [-0.2, -0.15) is 0 Å². The van der Waals surface area contributed by atoms with Crippen LogP contribution in [-0.2, 0) is 11.2 Å². The lowest BCUT2D eigenvalue weighted by Gasteiger charge is -2.49. The van der Waals surface area contributed by atoms with Crippen molar-refractivity contribution in [3.63, 3.8) is 0 Å². The predicted molar refractivity (Wildman–Crippen MR) is 170 cm³/mol. The smallest absolute Gasteiger partial charge is 0.405 e. The maximum Gasteiger partial charge on any atom is 0.405 e. The Hall–Kier alpha value is -3.04. The summed E-state index contributed by atoms with van der Waals surface area (Å²) in [6.45, 7) is 0.968. The first-order valence-electron chi connectivity index (χ1n) is 14.3. The molecule has 5 atom stereocenters. The van der Waals surface area contributed by atoms with E-state index >= 15 is 4.39 Å². The normalized spacial score (nSPS) is 22.8. The van der Waals surface area contributed by atoms with Crippen LogP contribution < -0.4 is 16.0 Å². The number of benzene rings is 2. The van der Waals surface area contributed by atoms with Crippen molar-refractivity contribution in [1.82, 2.24) is 19.9 Å². The molecule has 3 aromatic rings. The number of fused-ring (bicyclic) bond motifs is 2. The van der Waals surface area contributed by atoms with Crippen molar-refractivity contribution in [1.29, 1.82) is 0 Å². The molecular weight excluding hydrogens is 651 g/mol. The van der Waals surface area contributed by atoms with E-state index in [0.717, 1.165) is 12.5 Å². The number of carboxylic acid groups (broad SMARTS) is 1. The molecule has 0 aliphatic carbocycles. The average Bonchev–Trinajstić information content (AvgIpc) is 3.10. The monoisotopic (exact) mass is 683 g/mol. The van der Waals surface area contributed by atoms with Crippen LogP contribution in [0.15, 0.2) is 54.9 Å². The van der Waals surface area contributed by atoms with E-state index in [2.05, 4.69) is 20.9 Å². The van der Waals surface area contributed by atoms with Crippen molar-refractivity contribution in [3.8, 4) is 0 Å². The maximum atomic E-state index is 15.3. The van der Waals surface area contributed by atoms with Gasteiger partial charge in [0.25, 0.3) is 0 Å². The average molecular weight is 685 g/mol. The number of carbonyl (C=O) groups is 2. The highest BCUT2D eigenvalue weighted by atomic mass is 35.5. The van der Waals surface area contributed by atoms with Gasteiger partial charge in [-0.15, -0.1) is 10.8 Å². The fourth-order valence-electron chi connectivity index (χ4n) is 6.04. The summed E-state index contributed by atoms with van der Waals surface area (Å²) in [6.07, 6.45) is 3.25. The standard InChI is InChI=1S/C30H33Cl2F2N5O5S/c31-19-11-18(13-35-14-19)27(17-6-9-23(32)25(34)12-17)28(38-30(41)42)29(40)37-26-5-1-4-24(33)22(26)8-7-21-15-36-20-3-2-10-45(43,44)39(21)16-20/h1,4-6,9,11-14,20-21,27-28,36,38,43-44H,2-3,7-8,10,15-16H2,(H,37,40)(H,41,42)/t20?,21?,27-,28-/m0/s1. The highest BCUT2D eigenvalue weighted by Crippen LogP contribution is 2.49. The van der Waals surface area contributed by atoms with Crippen LogP contribution in [0, 0.1) is 11.6 Å². The molecule has 3 heterocycles. The van der Waals surface area contributed by atoms with Crippen molar-refractivity contribution in [2.24, 2.45) is 0 Å². The molecule has 0 saturated carbocycles. The zero-order valence-electron chi connectivity index (χ0n) is 23.9. The molecular formula is C30H33Cl2F2N5O5S. The second-order valence-corrected chi connectivity index (χ2v) is 14.1. The third kappa shape index (κ3) is 7.86. The van der Waals surface area contributed by atoms with Crippen LogP contribution in [0.4, 0.5) is 19.3 Å². The Bertz CT molecular complexity index is 1570. The molecule has 10 nitrogen and oxygen atoms in total. The zero-order chi connectivity index (χ0) is 32.3. The van der Waals surface area contributed by atoms with E-state index in [-0.39, 0.29) is 51.1 Å². The SMILES string of the molecule is O=C(O)N[C@H](C(=O)Nc1cccc(F)c1CCC1CNC2CCCS(O)(O)N1C2)[C@H](c1cncc(Cl)c1)c1ccc(Cl)c(F)c1. The second-order valence-electron chi connectivity index (χ2n) is 11.1. The number of carbonyl (C=O) groups excluding carboxylic acids is 1. The third-order valence-corrected chi connectivity index (χ3v) is 10.7. The van der Waals surface area contributed by atoms with Crippen LogP contribution in [0.25, 0.3) is 0 Å². The number of aromatic nitrogens is 1. The number of hydrogen-bond donors (Lipinski definition) is 6. The highest BCUT2D eigenvalue weighted by molar-refractivity contribution is 8.22. The van der Waals surface area contributed by atoms with Gasteiger partial charge in [0.2, 0.25) is 5.91 Å². The number of rotatable bonds is 9. The highest BCUT2D eigenvalue weighted by Gasteiger charge is 2.38. The minimum Gasteiger partial charge on any atom is -0.465 e. The predicted octanol–water partition coefficient (Wildman–Crippen LogP) is 6.11. The summed E-state index contributed by atoms with van der Waals surface area (Å²) >= 11 is 12.1. The fourth-order valence-corrected chi connectivity index (χ4v) is 8.20. The van der Waals surface area contributed by atoms with Gasteiger partial charge in [-0.25, -0.2) is 17.9 Å². The van der Waals surface area contributed by atoms with Crippen molar-refractivity contribution in [3.05, 3.63) is 93.2 Å². The molecule has 1 aromatic heterocycles. The summed E-state index contributed by atoms with van der Waals surface area (Å²) in [4.78, 5) is 29.9. The van der Waals surface area contributed by atoms with Gasteiger partial charge in [0.05, 0.1) is 15.8 Å². The quantitative estimate of drug-likeness (QED) is 0.158. The molecule has 6 N–H and O–H groups in total. The minimum absolute atomic E-state index is 0.117. The Morgan fingerprint density at radius 3 is 2.64 bits per heavy atom. The number of pyridine rings is 1. The first kappa shape index (κ1) is 33.3. The lowest BCUT2D eigenvalue weighted by Crippen LogP contribution is -2.55. The Morgan fingerprint density at radius 1 is 1.11 bits per heavy atom. The third-order valence-electron chi connectivity index (χ3n) is 8.18. The molecule has 2 bridgehead atoms. The van der Waals surface area contributed by atoms with Gasteiger partial charge in [0, 0.05) is 54.7 Å². The molecule has 15 heteroatoms. The van der Waals surface area contributed by atoms with Crippen LogP contribution >= 0.6 is 34.0 Å². The van der Waals surface area contributed by atoms with Crippen LogP contribution in [0.3, 0.4) is 0 Å². The summed E-state index contributed by atoms with van der Waals surface area (Å²) in [5, 5.41) is 18.1. The lowest BCUT2D eigenvalue weighted by molar-refractivity contribution is -0.118. The van der Waals surface area contributed by atoms with E-state index in [1.807, 2.05) is 0 Å². The van der Waals surface area contributed by atoms with E-state index < -0.39 is 46.4 Å². The van der Waals surface area contributed by atoms with E-state index in [1.165, 1.54) is 48.8 Å². The number of nitrogens with one attached hydrogen (secondary N) is 3. The van der Waals surface area contributed by atoms with Gasteiger partial charge in [0.15, 0.2) is 0 Å². The summed E-state index contributed by atoms with van der Waals surface area (Å²) in [5.41, 5.74) is 0.824. The first-order valence-corrected chi connectivity index (χ1v) is 16.7. The lowest BCUT2D eigenvalue weighted by atomic mass is 9.85. The largest absolute Gasteiger partial charge is 0.465 e. The van der Waals surface area contributed by atoms with Gasteiger partial charge in [-0.05, 0) is 67.1 Å². The van der Waals surface area contributed by atoms with Gasteiger partial charge < -0.3 is 21.1 Å². The number of anilines is 1. The molecule has 2 aliphatic heterocycles. The summed E-state index contributed by atoms with van der Waals surface area (Å²) in [7, 11) is -2.96. The first-order chi connectivity index (χ1) is 21.4. The summed E-state index contributed by atoms with van der Waals surface area (Å²) < 4.78 is 53.2. The Kier molecular flexibility index (Phi) is 10.5. The van der Waals surface area contributed by atoms with E-state index in [1.54, 1.807) is 4.31 Å². The number of hydrogen-bond acceptors (Lipinski definition) is 7. The fraction of sp³-hybridized carbons (Fsp3) is 0.367. The molecule has 45 heavy (non-hydrogen) atoms. The van der Waals surface area contributed by atoms with Crippen LogP contribution in [0.1, 0.15) is 41.9 Å². The van der Waals surface area contributed by atoms with Gasteiger partial charge >= 0.3 is 6.09 Å². The van der Waals surface area contributed by atoms with Crippen molar-refractivity contribution >= 4 is 51.7 Å². The Morgan fingerprint density at radius 2 is 1.91 bits per heavy atom. The van der Waals surface area contributed by atoms with Gasteiger partial charge in [-0.1, -0.05) is 35.3 Å². The number of nitrogens with zero attached hydrogens (tertiary/aromatic N) is 2. The minimum atomic E-state index is -2.96. The molecule has 2 amide bonds. The van der Waals surface area contributed by atoms with Crippen molar-refractivity contribution < 1.29 is 32.6 Å². The second kappa shape index (κ2) is 14.2. The molecule has 2 fully saturated rings. The number of amides is 2. The number of halogens is 4. The number of piperazine rings is 1. The molecule has 2 aromatic carbocycles. The molecule has 3 unspecified atom stereocenters. The molecule has 2 saturated heterocycles. The molecule has 0 spiro atoms. The molecule has 242 valence electrons. The maximum absolute atomic E-state index is 15.3. The molecule has 5 rings (SSSR count). The summed E-state index contributed by atoms with van der Waals surface area (Å²) in [6, 6.07) is 7.83. The summed E-state index contributed by atoms with van der Waals surface area (Å²) in [5.74, 6) is -3.03. The van der Waals surface area contributed by atoms with Gasteiger partial charge in [0.1, 0.15) is 17.7 Å². The van der Waals surface area contributed by atoms with Crippen molar-refractivity contribution in [2.75, 3.05) is 24.2 Å². The van der Waals surface area contributed by atoms with Crippen LogP contribution in [0.2, 0.25) is 10.0 Å². The van der Waals surface area contributed by atoms with Gasteiger partial charge in [-0.3, -0.25) is 18.9 Å². The molecule has 2 aliphatic rings. The van der Waals surface area contributed by atoms with Crippen LogP contribution in [-0.4, -0.2) is 72.5 Å². The van der Waals surface area contributed by atoms with E-state index in [4.69, 9.17) is 23.2 Å². The van der Waals surface area contributed by atoms with Crippen molar-refractivity contribution in [2.45, 2.75) is 49.7 Å². The topological polar surface area (TPSA) is 147 Å². The van der Waals surface area contributed by atoms with E-state index in [9.17, 15) is 28.2 Å². The zero-order valence-corrected chi connectivity index (χ0v) is 26.3. The van der Waals surface area contributed by atoms with Crippen LogP contribution in [0.5, 0.6) is 0 Å². The van der Waals surface area contributed by atoms with E-state index in [0.29, 0.717) is 31.5 Å². The Labute approximate surface area is 270 Å². The Balaban J connectivity index is 1.44. The molecule has 0 radical (unpaired) electrons.